The van der Waals surface area contributed by atoms with Gasteiger partial charge in [0.2, 0.25) is 0 Å². The van der Waals surface area contributed by atoms with Crippen molar-refractivity contribution in [2.24, 2.45) is 0 Å². The number of carbonyl (C=O) groups excluding carboxylic acids is 1. The lowest BCUT2D eigenvalue weighted by atomic mass is 9.97. The number of alkyl halides is 3. The highest BCUT2D eigenvalue weighted by Gasteiger charge is 2.31. The molecule has 1 N–H and O–H groups in total. The highest BCUT2D eigenvalue weighted by atomic mass is 19.4. The predicted molar refractivity (Wildman–Crippen MR) is 114 cm³/mol. The lowest BCUT2D eigenvalue weighted by molar-refractivity contribution is -0.153. The average molecular weight is 452 g/mol. The van der Waals surface area contributed by atoms with Crippen LogP contribution in [0, 0.1) is 20.8 Å². The smallest absolute Gasteiger partial charge is 0.422 e. The van der Waals surface area contributed by atoms with E-state index in [1.54, 1.807) is 6.92 Å². The van der Waals surface area contributed by atoms with E-state index in [-0.39, 0.29) is 18.0 Å². The topological polar surface area (TPSA) is 72.8 Å². The molecule has 0 amide bonds. The molecule has 0 aliphatic rings. The Morgan fingerprint density at radius 1 is 0.969 bits per heavy atom. The van der Waals surface area contributed by atoms with Crippen LogP contribution in [0.25, 0.3) is 0 Å². The van der Waals surface area contributed by atoms with E-state index in [2.05, 4.69) is 0 Å². The number of aliphatic carboxylic acids is 1. The maximum atomic E-state index is 12.7. The molecule has 174 valence electrons. The fraction of sp³-hybridized carbons (Fsp3) is 0.417. The summed E-state index contributed by atoms with van der Waals surface area (Å²) in [4.78, 5) is 24.0. The molecule has 2 aromatic carbocycles. The van der Waals surface area contributed by atoms with Gasteiger partial charge in [0.15, 0.2) is 18.0 Å². The van der Waals surface area contributed by atoms with Crippen molar-refractivity contribution in [3.63, 3.8) is 0 Å². The van der Waals surface area contributed by atoms with Gasteiger partial charge in [-0.15, -0.1) is 0 Å². The van der Waals surface area contributed by atoms with Gasteiger partial charge in [0.1, 0.15) is 11.5 Å². The number of aryl methyl sites for hydroxylation is 4. The number of hydrogen-bond acceptors (Lipinski definition) is 4. The first-order chi connectivity index (χ1) is 14.7. The summed E-state index contributed by atoms with van der Waals surface area (Å²) in [5, 5.41) is 9.28. The summed E-state index contributed by atoms with van der Waals surface area (Å²) in [6, 6.07) is 7.97. The Hall–Kier alpha value is -3.03. The van der Waals surface area contributed by atoms with Gasteiger partial charge in [0.05, 0.1) is 0 Å². The Morgan fingerprint density at radius 3 is 2.06 bits per heavy atom. The molecule has 5 nitrogen and oxygen atoms in total. The molecule has 0 unspecified atom stereocenters. The summed E-state index contributed by atoms with van der Waals surface area (Å²) in [7, 11) is 0. The number of halogens is 3. The van der Waals surface area contributed by atoms with Gasteiger partial charge in [0.25, 0.3) is 0 Å². The van der Waals surface area contributed by atoms with E-state index in [1.807, 2.05) is 26.0 Å². The van der Waals surface area contributed by atoms with E-state index < -0.39 is 24.4 Å². The van der Waals surface area contributed by atoms with Gasteiger partial charge in [-0.25, -0.2) is 4.79 Å². The first-order valence-electron chi connectivity index (χ1n) is 10.1. The second kappa shape index (κ2) is 9.63. The summed E-state index contributed by atoms with van der Waals surface area (Å²) in [5.74, 6) is -0.649. The minimum atomic E-state index is -4.43. The normalized spacial score (nSPS) is 11.9. The molecule has 8 heteroatoms. The van der Waals surface area contributed by atoms with Gasteiger partial charge in [-0.3, -0.25) is 4.79 Å². The van der Waals surface area contributed by atoms with E-state index in [0.29, 0.717) is 23.3 Å². The van der Waals surface area contributed by atoms with Crippen molar-refractivity contribution in [1.29, 1.82) is 0 Å². The van der Waals surface area contributed by atoms with Crippen molar-refractivity contribution in [3.05, 3.63) is 58.1 Å². The summed E-state index contributed by atoms with van der Waals surface area (Å²) in [5.41, 5.74) is 2.04. The number of carboxylic acids is 1. The van der Waals surface area contributed by atoms with Crippen molar-refractivity contribution < 1.29 is 37.3 Å². The van der Waals surface area contributed by atoms with Crippen molar-refractivity contribution in [2.75, 3.05) is 6.61 Å². The van der Waals surface area contributed by atoms with Crippen LogP contribution in [-0.2, 0) is 11.2 Å². The summed E-state index contributed by atoms with van der Waals surface area (Å²) in [6.45, 7) is 6.84. The molecule has 0 bridgehead atoms. The first kappa shape index (κ1) is 25.2. The number of Topliss-reactive ketones (excluding diaryl/α,β-unsaturated/α-hetero) is 1. The second-order valence-electron chi connectivity index (χ2n) is 8.28. The molecule has 0 heterocycles. The maximum Gasteiger partial charge on any atom is 0.422 e. The van der Waals surface area contributed by atoms with Gasteiger partial charge >= 0.3 is 12.1 Å². The first-order valence-corrected chi connectivity index (χ1v) is 10.1. The molecule has 2 aromatic rings. The molecule has 32 heavy (non-hydrogen) atoms. The van der Waals surface area contributed by atoms with Crippen LogP contribution < -0.4 is 9.47 Å². The maximum absolute atomic E-state index is 12.7. The van der Waals surface area contributed by atoms with Gasteiger partial charge in [0, 0.05) is 12.0 Å². The zero-order chi connectivity index (χ0) is 24.3. The summed E-state index contributed by atoms with van der Waals surface area (Å²) < 4.78 is 47.3. The Balaban J connectivity index is 2.07. The van der Waals surface area contributed by atoms with Crippen LogP contribution in [0.4, 0.5) is 13.2 Å². The average Bonchev–Trinajstić information content (AvgIpc) is 2.66. The summed E-state index contributed by atoms with van der Waals surface area (Å²) >= 11 is 0. The van der Waals surface area contributed by atoms with E-state index in [0.717, 1.165) is 16.7 Å². The van der Waals surface area contributed by atoms with Crippen molar-refractivity contribution in [3.8, 4) is 11.5 Å². The largest absolute Gasteiger partial charge is 0.484 e. The third-order valence-corrected chi connectivity index (χ3v) is 4.93. The lowest BCUT2D eigenvalue weighted by Gasteiger charge is -2.24. The fourth-order valence-corrected chi connectivity index (χ4v) is 3.24. The Kier molecular flexibility index (Phi) is 7.59. The third-order valence-electron chi connectivity index (χ3n) is 4.93. The Labute approximate surface area is 185 Å². The molecule has 2 rings (SSSR count). The lowest BCUT2D eigenvalue weighted by Crippen LogP contribution is -2.38. The molecule has 0 atom stereocenters. The molecule has 0 fully saturated rings. The van der Waals surface area contributed by atoms with Crippen molar-refractivity contribution in [1.82, 2.24) is 0 Å². The van der Waals surface area contributed by atoms with Crippen molar-refractivity contribution in [2.45, 2.75) is 59.2 Å². The zero-order valence-electron chi connectivity index (χ0n) is 18.7. The van der Waals surface area contributed by atoms with Gasteiger partial charge in [-0.05, 0) is 81.5 Å². The van der Waals surface area contributed by atoms with E-state index in [1.165, 1.54) is 32.0 Å². The molecule has 0 radical (unpaired) electrons. The fourth-order valence-electron chi connectivity index (χ4n) is 3.24. The second-order valence-corrected chi connectivity index (χ2v) is 8.28. The highest BCUT2D eigenvalue weighted by Crippen LogP contribution is 2.29. The molecule has 0 aromatic heterocycles. The molecule has 0 aliphatic heterocycles. The standard InChI is InChI=1S/C24H27F3O5/c1-14-12-18(31-13-24(25,26)27)7-8-19(14)20(28)9-6-17-10-15(2)21(16(3)11-17)32-23(4,5)22(29)30/h7-8,10-12H,6,9,13H2,1-5H3,(H,29,30). The molecular weight excluding hydrogens is 425 g/mol. The van der Waals surface area contributed by atoms with Crippen LogP contribution in [0.15, 0.2) is 30.3 Å². The Bertz CT molecular complexity index is 986. The van der Waals surface area contributed by atoms with E-state index >= 15 is 0 Å². The number of carbonyl (C=O) groups is 2. The van der Waals surface area contributed by atoms with Gasteiger partial charge in [-0.1, -0.05) is 12.1 Å². The van der Waals surface area contributed by atoms with Gasteiger partial charge < -0.3 is 14.6 Å². The molecule has 0 saturated heterocycles. The number of ether oxygens (including phenoxy) is 2. The Morgan fingerprint density at radius 2 is 1.56 bits per heavy atom. The van der Waals surface area contributed by atoms with Crippen LogP contribution in [-0.4, -0.2) is 35.2 Å². The highest BCUT2D eigenvalue weighted by molar-refractivity contribution is 5.97. The molecule has 0 spiro atoms. The van der Waals surface area contributed by atoms with Crippen LogP contribution in [0.5, 0.6) is 11.5 Å². The minimum absolute atomic E-state index is 0.0579. The van der Waals surface area contributed by atoms with Crippen LogP contribution >= 0.6 is 0 Å². The minimum Gasteiger partial charge on any atom is -0.484 e. The van der Waals surface area contributed by atoms with Crippen LogP contribution in [0.2, 0.25) is 0 Å². The van der Waals surface area contributed by atoms with E-state index in [9.17, 15) is 27.9 Å². The van der Waals surface area contributed by atoms with Crippen LogP contribution in [0.3, 0.4) is 0 Å². The SMILES string of the molecule is Cc1cc(OCC(F)(F)F)ccc1C(=O)CCc1cc(C)c(OC(C)(C)C(=O)O)c(C)c1. The van der Waals surface area contributed by atoms with Gasteiger partial charge in [-0.2, -0.15) is 13.2 Å². The van der Waals surface area contributed by atoms with Crippen LogP contribution in [0.1, 0.15) is 52.9 Å². The number of hydrogen-bond donors (Lipinski definition) is 1. The molecular formula is C24H27F3O5. The number of rotatable bonds is 9. The monoisotopic (exact) mass is 452 g/mol. The predicted octanol–water partition coefficient (Wildman–Crippen LogP) is 5.61. The van der Waals surface area contributed by atoms with E-state index in [4.69, 9.17) is 9.47 Å². The number of benzene rings is 2. The zero-order valence-corrected chi connectivity index (χ0v) is 18.7. The summed E-state index contributed by atoms with van der Waals surface area (Å²) in [6.07, 6.45) is -3.76. The molecule has 0 saturated carbocycles. The number of carboxylic acid groups (broad SMARTS) is 1. The third kappa shape index (κ3) is 6.73. The quantitative estimate of drug-likeness (QED) is 0.501. The number of ketones is 1. The molecule has 0 aliphatic carbocycles. The van der Waals surface area contributed by atoms with Crippen molar-refractivity contribution >= 4 is 11.8 Å².